The summed E-state index contributed by atoms with van der Waals surface area (Å²) in [7, 11) is -1.54. The van der Waals surface area contributed by atoms with Crippen LogP contribution in [-0.2, 0) is 11.0 Å². The van der Waals surface area contributed by atoms with Gasteiger partial charge in [0.05, 0.1) is 18.1 Å². The van der Waals surface area contributed by atoms with Crippen molar-refractivity contribution in [3.8, 4) is 11.5 Å². The van der Waals surface area contributed by atoms with Gasteiger partial charge in [0.1, 0.15) is 28.4 Å². The van der Waals surface area contributed by atoms with Crippen molar-refractivity contribution in [1.82, 2.24) is 4.72 Å². The Morgan fingerprint density at radius 1 is 1.00 bits per heavy atom. The van der Waals surface area contributed by atoms with E-state index >= 15 is 0 Å². The largest absolute Gasteiger partial charge is 0.490 e. The van der Waals surface area contributed by atoms with E-state index in [1.54, 1.807) is 12.1 Å². The first-order valence-electron chi connectivity index (χ1n) is 11.3. The van der Waals surface area contributed by atoms with Crippen molar-refractivity contribution >= 4 is 22.0 Å². The molecule has 0 saturated heterocycles. The van der Waals surface area contributed by atoms with Crippen LogP contribution in [0.25, 0.3) is 11.0 Å². The molecule has 2 unspecified atom stereocenters. The fourth-order valence-corrected chi connectivity index (χ4v) is 5.27. The van der Waals surface area contributed by atoms with Crippen LogP contribution in [0.15, 0.2) is 81.1 Å². The summed E-state index contributed by atoms with van der Waals surface area (Å²) in [5.74, 6) is 1.97. The number of aliphatic hydroxyl groups excluding tert-OH is 1. The van der Waals surface area contributed by atoms with Crippen LogP contribution in [-0.4, -0.2) is 29.1 Å². The van der Waals surface area contributed by atoms with Crippen LogP contribution in [0.2, 0.25) is 0 Å². The van der Waals surface area contributed by atoms with Gasteiger partial charge in [-0.25, -0.2) is 8.93 Å². The van der Waals surface area contributed by atoms with E-state index in [1.165, 1.54) is 0 Å². The van der Waals surface area contributed by atoms with Crippen molar-refractivity contribution in [2.24, 2.45) is 0 Å². The molecule has 2 N–H and O–H groups in total. The maximum absolute atomic E-state index is 13.5. The third kappa shape index (κ3) is 4.76. The average molecular weight is 466 g/mol. The molecular weight excluding hydrogens is 438 g/mol. The number of hydrogen-bond acceptors (Lipinski definition) is 5. The van der Waals surface area contributed by atoms with Crippen LogP contribution in [0.1, 0.15) is 37.5 Å². The van der Waals surface area contributed by atoms with Crippen LogP contribution < -0.4 is 14.2 Å². The first kappa shape index (κ1) is 21.9. The van der Waals surface area contributed by atoms with Gasteiger partial charge in [0.2, 0.25) is 0 Å². The Hall–Kier alpha value is -2.87. The Morgan fingerprint density at radius 3 is 2.67 bits per heavy atom. The van der Waals surface area contributed by atoms with E-state index in [4.69, 9.17) is 13.9 Å². The van der Waals surface area contributed by atoms with Crippen molar-refractivity contribution in [3.05, 3.63) is 77.6 Å². The van der Waals surface area contributed by atoms with Gasteiger partial charge in [-0.3, -0.25) is 0 Å². The predicted molar refractivity (Wildman–Crippen MR) is 128 cm³/mol. The van der Waals surface area contributed by atoms with E-state index in [-0.39, 0.29) is 6.61 Å². The number of aliphatic hydroxyl groups is 1. The Bertz CT molecular complexity index is 1200. The van der Waals surface area contributed by atoms with Gasteiger partial charge in [-0.2, -0.15) is 0 Å². The molecule has 0 amide bonds. The van der Waals surface area contributed by atoms with Crippen molar-refractivity contribution in [3.63, 3.8) is 0 Å². The maximum Gasteiger partial charge on any atom is 0.162 e. The normalized spacial score (nSPS) is 17.7. The first-order valence-corrected chi connectivity index (χ1v) is 12.4. The summed E-state index contributed by atoms with van der Waals surface area (Å²) in [5, 5.41) is 10.6. The van der Waals surface area contributed by atoms with Gasteiger partial charge in [0.25, 0.3) is 0 Å². The number of ether oxygens (including phenoxy) is 2. The Morgan fingerprint density at radius 2 is 1.82 bits per heavy atom. The molecule has 1 aromatic heterocycles. The summed E-state index contributed by atoms with van der Waals surface area (Å²) in [4.78, 5) is 0.601. The summed E-state index contributed by atoms with van der Waals surface area (Å²) in [5.41, 5.74) is 2.83. The summed E-state index contributed by atoms with van der Waals surface area (Å²) >= 11 is 0. The molecule has 0 fully saturated rings. The quantitative estimate of drug-likeness (QED) is 0.515. The van der Waals surface area contributed by atoms with E-state index in [1.807, 2.05) is 36.4 Å². The van der Waals surface area contributed by atoms with E-state index in [2.05, 4.69) is 16.9 Å². The van der Waals surface area contributed by atoms with Gasteiger partial charge in [-0.05, 0) is 54.7 Å². The minimum Gasteiger partial charge on any atom is -0.490 e. The van der Waals surface area contributed by atoms with Gasteiger partial charge < -0.3 is 19.0 Å². The second-order valence-corrected chi connectivity index (χ2v) is 9.35. The molecule has 1 aliphatic carbocycles. The SMILES string of the molecule is O=S(NC(C1=CCCC=C1CCO)c1cc2ccccc2o1)c1ccc2c(c1)OCCCO2. The van der Waals surface area contributed by atoms with Gasteiger partial charge >= 0.3 is 0 Å². The molecular formula is C26H27NO5S. The monoisotopic (exact) mass is 465 g/mol. The van der Waals surface area contributed by atoms with Crippen molar-refractivity contribution in [2.75, 3.05) is 19.8 Å². The van der Waals surface area contributed by atoms with E-state index in [0.29, 0.717) is 41.8 Å². The number of furan rings is 1. The molecule has 5 rings (SSSR count). The smallest absolute Gasteiger partial charge is 0.162 e. The van der Waals surface area contributed by atoms with Gasteiger partial charge in [-0.1, -0.05) is 30.4 Å². The van der Waals surface area contributed by atoms with Gasteiger partial charge in [0.15, 0.2) is 11.5 Å². The molecule has 0 saturated carbocycles. The fourth-order valence-electron chi connectivity index (χ4n) is 4.27. The molecule has 6 nitrogen and oxygen atoms in total. The molecule has 2 aliphatic rings. The minimum atomic E-state index is -1.54. The standard InChI is InChI=1S/C26H27NO5S/c28-13-12-18-6-1-3-8-21(18)26(25-16-19-7-2-4-9-22(19)32-25)27-33(29)20-10-11-23-24(17-20)31-15-5-14-30-23/h2,4,6-11,16-17,26-28H,1,3,5,12-15H2. The lowest BCUT2D eigenvalue weighted by molar-refractivity contribution is 0.296. The Balaban J connectivity index is 1.49. The van der Waals surface area contributed by atoms with Crippen LogP contribution in [0.5, 0.6) is 11.5 Å². The maximum atomic E-state index is 13.5. The highest BCUT2D eigenvalue weighted by atomic mass is 32.2. The average Bonchev–Trinajstić information content (AvgIpc) is 3.13. The van der Waals surface area contributed by atoms with Crippen LogP contribution >= 0.6 is 0 Å². The topological polar surface area (TPSA) is 80.9 Å². The Kier molecular flexibility index (Phi) is 6.62. The number of fused-ring (bicyclic) bond motifs is 2. The minimum absolute atomic E-state index is 0.0568. The molecule has 3 aromatic rings. The number of benzene rings is 2. The number of allylic oxidation sites excluding steroid dienone is 2. The lowest BCUT2D eigenvalue weighted by Gasteiger charge is -2.24. The van der Waals surface area contributed by atoms with Crippen LogP contribution in [0.4, 0.5) is 0 Å². The van der Waals surface area contributed by atoms with Gasteiger partial charge in [-0.15, -0.1) is 0 Å². The number of para-hydroxylation sites is 1. The third-order valence-electron chi connectivity index (χ3n) is 5.87. The lowest BCUT2D eigenvalue weighted by atomic mass is 9.89. The third-order valence-corrected chi connectivity index (χ3v) is 7.00. The van der Waals surface area contributed by atoms with E-state index < -0.39 is 17.0 Å². The zero-order valence-corrected chi connectivity index (χ0v) is 19.1. The molecule has 0 radical (unpaired) electrons. The summed E-state index contributed by atoms with van der Waals surface area (Å²) in [6.07, 6.45) is 7.48. The summed E-state index contributed by atoms with van der Waals surface area (Å²) in [6.45, 7) is 1.23. The highest BCUT2D eigenvalue weighted by Crippen LogP contribution is 2.37. The molecule has 2 aromatic carbocycles. The highest BCUT2D eigenvalue weighted by molar-refractivity contribution is 7.83. The summed E-state index contributed by atoms with van der Waals surface area (Å²) in [6, 6.07) is 14.8. The highest BCUT2D eigenvalue weighted by Gasteiger charge is 2.27. The summed E-state index contributed by atoms with van der Waals surface area (Å²) < 4.78 is 34.4. The molecule has 172 valence electrons. The Labute approximate surface area is 195 Å². The predicted octanol–water partition coefficient (Wildman–Crippen LogP) is 4.98. The molecule has 7 heteroatoms. The molecule has 2 atom stereocenters. The lowest BCUT2D eigenvalue weighted by Crippen LogP contribution is -2.26. The fraction of sp³-hybridized carbons (Fsp3) is 0.308. The molecule has 0 bridgehead atoms. The van der Waals surface area contributed by atoms with Crippen LogP contribution in [0.3, 0.4) is 0 Å². The zero-order valence-electron chi connectivity index (χ0n) is 18.3. The molecule has 0 spiro atoms. The van der Waals surface area contributed by atoms with E-state index in [9.17, 15) is 9.32 Å². The van der Waals surface area contributed by atoms with E-state index in [0.717, 1.165) is 41.4 Å². The van der Waals surface area contributed by atoms with Crippen LogP contribution in [0, 0.1) is 0 Å². The molecule has 1 aliphatic heterocycles. The second-order valence-electron chi connectivity index (χ2n) is 8.10. The second kappa shape index (κ2) is 9.95. The number of hydrogen-bond donors (Lipinski definition) is 2. The molecule has 2 heterocycles. The number of nitrogens with one attached hydrogen (secondary N) is 1. The van der Waals surface area contributed by atoms with Crippen molar-refractivity contribution < 1.29 is 23.2 Å². The first-order chi connectivity index (χ1) is 16.2. The van der Waals surface area contributed by atoms with Gasteiger partial charge in [0, 0.05) is 24.5 Å². The van der Waals surface area contributed by atoms with Crippen molar-refractivity contribution in [2.45, 2.75) is 36.6 Å². The number of rotatable bonds is 7. The zero-order chi connectivity index (χ0) is 22.6. The van der Waals surface area contributed by atoms with Crippen molar-refractivity contribution in [1.29, 1.82) is 0 Å². The molecule has 33 heavy (non-hydrogen) atoms.